The van der Waals surface area contributed by atoms with E-state index in [1.54, 1.807) is 0 Å². The maximum absolute atomic E-state index is 2.46. The molecule has 0 unspecified atom stereocenters. The third-order valence-electron chi connectivity index (χ3n) is 11.1. The lowest BCUT2D eigenvalue weighted by Crippen LogP contribution is -2.15. The molecule has 0 fully saturated rings. The minimum atomic E-state index is -0.162. The molecule has 0 atom stereocenters. The molecule has 0 saturated heterocycles. The van der Waals surface area contributed by atoms with Crippen molar-refractivity contribution in [2.45, 2.75) is 19.3 Å². The smallest absolute Gasteiger partial charge is 0.0468 e. The van der Waals surface area contributed by atoms with Gasteiger partial charge in [-0.2, -0.15) is 0 Å². The molecular weight excluding hydrogens is 627 g/mol. The lowest BCUT2D eigenvalue weighted by molar-refractivity contribution is 0.661. The first-order valence-corrected chi connectivity index (χ1v) is 18.2. The molecule has 0 saturated carbocycles. The Bertz CT molecular complexity index is 2800. The Balaban J connectivity index is 1.14. The number of fused-ring (bicyclic) bond motifs is 8. The van der Waals surface area contributed by atoms with Crippen molar-refractivity contribution < 1.29 is 0 Å². The fourth-order valence-electron chi connectivity index (χ4n) is 8.45. The predicted molar refractivity (Wildman–Crippen MR) is 224 cm³/mol. The van der Waals surface area contributed by atoms with Crippen molar-refractivity contribution in [3.63, 3.8) is 0 Å². The number of rotatable bonds is 5. The van der Waals surface area contributed by atoms with Gasteiger partial charge >= 0.3 is 0 Å². The molecule has 1 nitrogen and oxygen atoms in total. The zero-order valence-electron chi connectivity index (χ0n) is 29.3. The van der Waals surface area contributed by atoms with Crippen LogP contribution in [0.1, 0.15) is 36.1 Å². The summed E-state index contributed by atoms with van der Waals surface area (Å²) >= 11 is 0. The third-order valence-corrected chi connectivity index (χ3v) is 11.1. The van der Waals surface area contributed by atoms with Gasteiger partial charge in [-0.3, -0.25) is 0 Å². The molecule has 0 bridgehead atoms. The Morgan fingerprint density at radius 2 is 0.923 bits per heavy atom. The summed E-state index contributed by atoms with van der Waals surface area (Å²) in [4.78, 5) is 2.41. The monoisotopic (exact) mass is 663 g/mol. The van der Waals surface area contributed by atoms with Crippen LogP contribution < -0.4 is 4.90 Å². The standard InChI is InChI=1S/C51H37N/c1-51(2)48-33-41-30-44(52(42-25-22-35-14-6-8-16-37(35)28-42)43-26-23-36-15-7-9-17-38(36)29-43)27-24-39(41)31-47(48)50-46-19-11-10-18-45(46)40(32-49(50)51)21-20-34-12-4-3-5-13-34/h3-33H,1-2H3. The van der Waals surface area contributed by atoms with Gasteiger partial charge in [-0.25, -0.2) is 0 Å². The molecule has 246 valence electrons. The molecule has 0 heterocycles. The molecule has 1 aliphatic rings. The number of anilines is 3. The van der Waals surface area contributed by atoms with Gasteiger partial charge in [0.15, 0.2) is 0 Å². The average molecular weight is 664 g/mol. The first-order chi connectivity index (χ1) is 25.5. The fourth-order valence-corrected chi connectivity index (χ4v) is 8.45. The van der Waals surface area contributed by atoms with E-state index < -0.39 is 0 Å². The molecule has 9 aromatic rings. The molecule has 0 aliphatic heterocycles. The van der Waals surface area contributed by atoms with Crippen LogP contribution in [0.5, 0.6) is 0 Å². The zero-order chi connectivity index (χ0) is 34.8. The summed E-state index contributed by atoms with van der Waals surface area (Å²) in [5.74, 6) is 0. The molecule has 10 rings (SSSR count). The second kappa shape index (κ2) is 11.8. The molecule has 0 radical (unpaired) electrons. The van der Waals surface area contributed by atoms with E-state index in [0.717, 1.165) is 17.1 Å². The first kappa shape index (κ1) is 30.4. The summed E-state index contributed by atoms with van der Waals surface area (Å²) in [7, 11) is 0. The van der Waals surface area contributed by atoms with E-state index in [2.05, 4.69) is 207 Å². The van der Waals surface area contributed by atoms with Gasteiger partial charge < -0.3 is 4.90 Å². The Hall–Kier alpha value is -6.44. The highest BCUT2D eigenvalue weighted by Crippen LogP contribution is 2.53. The molecule has 52 heavy (non-hydrogen) atoms. The number of hydrogen-bond donors (Lipinski definition) is 0. The van der Waals surface area contributed by atoms with Crippen LogP contribution in [0, 0.1) is 0 Å². The van der Waals surface area contributed by atoms with Crippen LogP contribution in [-0.4, -0.2) is 0 Å². The lowest BCUT2D eigenvalue weighted by Gasteiger charge is -2.27. The van der Waals surface area contributed by atoms with Crippen LogP contribution in [0.2, 0.25) is 0 Å². The van der Waals surface area contributed by atoms with Crippen molar-refractivity contribution in [3.05, 3.63) is 198 Å². The molecule has 0 N–H and O–H groups in total. The van der Waals surface area contributed by atoms with E-state index in [0.29, 0.717) is 0 Å². The van der Waals surface area contributed by atoms with Gasteiger partial charge in [0.1, 0.15) is 0 Å². The van der Waals surface area contributed by atoms with Gasteiger partial charge in [0.2, 0.25) is 0 Å². The second-order valence-corrected chi connectivity index (χ2v) is 14.6. The van der Waals surface area contributed by atoms with E-state index in [4.69, 9.17) is 0 Å². The topological polar surface area (TPSA) is 3.24 Å². The summed E-state index contributed by atoms with van der Waals surface area (Å²) in [6.45, 7) is 4.78. The average Bonchev–Trinajstić information content (AvgIpc) is 3.41. The summed E-state index contributed by atoms with van der Waals surface area (Å²) in [5.41, 5.74) is 11.2. The first-order valence-electron chi connectivity index (χ1n) is 18.2. The van der Waals surface area contributed by atoms with Crippen LogP contribution in [0.4, 0.5) is 17.1 Å². The van der Waals surface area contributed by atoms with Crippen molar-refractivity contribution in [1.29, 1.82) is 0 Å². The highest BCUT2D eigenvalue weighted by molar-refractivity contribution is 6.08. The highest BCUT2D eigenvalue weighted by Gasteiger charge is 2.37. The Kier molecular flexibility index (Phi) is 6.91. The van der Waals surface area contributed by atoms with Gasteiger partial charge in [-0.15, -0.1) is 0 Å². The molecular formula is C51H37N. The molecule has 0 aromatic heterocycles. The summed E-state index contributed by atoms with van der Waals surface area (Å²) in [6, 6.07) is 64.6. The van der Waals surface area contributed by atoms with Crippen LogP contribution >= 0.6 is 0 Å². The Morgan fingerprint density at radius 3 is 1.58 bits per heavy atom. The van der Waals surface area contributed by atoms with Crippen molar-refractivity contribution in [1.82, 2.24) is 0 Å². The minimum Gasteiger partial charge on any atom is -0.310 e. The van der Waals surface area contributed by atoms with Gasteiger partial charge in [0, 0.05) is 22.5 Å². The van der Waals surface area contributed by atoms with Crippen LogP contribution in [0.15, 0.2) is 176 Å². The van der Waals surface area contributed by atoms with Gasteiger partial charge in [-0.1, -0.05) is 147 Å². The second-order valence-electron chi connectivity index (χ2n) is 14.6. The molecule has 0 amide bonds. The van der Waals surface area contributed by atoms with Gasteiger partial charge in [0.25, 0.3) is 0 Å². The molecule has 1 heteroatoms. The predicted octanol–water partition coefficient (Wildman–Crippen LogP) is 14.2. The number of nitrogens with zero attached hydrogens (tertiary/aromatic N) is 1. The maximum Gasteiger partial charge on any atom is 0.0468 e. The van der Waals surface area contributed by atoms with E-state index in [1.165, 1.54) is 76.5 Å². The fraction of sp³-hybridized carbons (Fsp3) is 0.0588. The van der Waals surface area contributed by atoms with E-state index in [1.807, 2.05) is 0 Å². The van der Waals surface area contributed by atoms with Crippen molar-refractivity contribution in [2.24, 2.45) is 0 Å². The van der Waals surface area contributed by atoms with E-state index in [-0.39, 0.29) is 5.41 Å². The van der Waals surface area contributed by atoms with E-state index in [9.17, 15) is 0 Å². The summed E-state index contributed by atoms with van der Waals surface area (Å²) < 4.78 is 0. The van der Waals surface area contributed by atoms with Gasteiger partial charge in [-0.05, 0) is 131 Å². The van der Waals surface area contributed by atoms with Crippen molar-refractivity contribution in [2.75, 3.05) is 4.90 Å². The normalized spacial score (nSPS) is 13.3. The quantitative estimate of drug-likeness (QED) is 0.166. The molecule has 0 spiro atoms. The maximum atomic E-state index is 2.46. The zero-order valence-corrected chi connectivity index (χ0v) is 29.3. The van der Waals surface area contributed by atoms with Crippen molar-refractivity contribution in [3.8, 4) is 11.1 Å². The van der Waals surface area contributed by atoms with Crippen LogP contribution in [0.25, 0.3) is 66.4 Å². The Morgan fingerprint density at radius 1 is 0.404 bits per heavy atom. The number of benzene rings is 9. The van der Waals surface area contributed by atoms with Crippen molar-refractivity contribution >= 4 is 72.3 Å². The SMILES string of the molecule is CC1(C)c2cc3cc(N(c4ccc5ccccc5c4)c4ccc5ccccc5c4)ccc3cc2-c2c1cc(C=Cc1ccccc1)c1ccccc21. The van der Waals surface area contributed by atoms with Gasteiger partial charge in [0.05, 0.1) is 0 Å². The largest absolute Gasteiger partial charge is 0.310 e. The van der Waals surface area contributed by atoms with Crippen LogP contribution in [-0.2, 0) is 5.41 Å². The van der Waals surface area contributed by atoms with Crippen LogP contribution in [0.3, 0.4) is 0 Å². The third kappa shape index (κ3) is 4.93. The Labute approximate surface area is 304 Å². The lowest BCUT2D eigenvalue weighted by atomic mass is 9.80. The number of hydrogen-bond acceptors (Lipinski definition) is 1. The minimum absolute atomic E-state index is 0.162. The molecule has 1 aliphatic carbocycles. The summed E-state index contributed by atoms with van der Waals surface area (Å²) in [5, 5.41) is 10.0. The highest BCUT2D eigenvalue weighted by atomic mass is 15.1. The van der Waals surface area contributed by atoms with E-state index >= 15 is 0 Å². The summed E-state index contributed by atoms with van der Waals surface area (Å²) in [6.07, 6.45) is 4.52. The molecule has 9 aromatic carbocycles.